The quantitative estimate of drug-likeness (QED) is 0.669. The molecular formula is C23H27F3N4O3S. The SMILES string of the molecule is CN(C)S(=O)(=O)N[C@@H]1[C@H](Cc2cccc(-c3ccccc3)c2F)N(C(=O)N2CCC2)CC1(F)F. The van der Waals surface area contributed by atoms with E-state index in [1.807, 2.05) is 0 Å². The van der Waals surface area contributed by atoms with Gasteiger partial charge in [0.25, 0.3) is 16.1 Å². The Hall–Kier alpha value is -2.63. The van der Waals surface area contributed by atoms with E-state index in [-0.39, 0.29) is 12.0 Å². The summed E-state index contributed by atoms with van der Waals surface area (Å²) >= 11 is 0. The lowest BCUT2D eigenvalue weighted by Crippen LogP contribution is -2.56. The van der Waals surface area contributed by atoms with Crippen molar-refractivity contribution in [1.29, 1.82) is 0 Å². The summed E-state index contributed by atoms with van der Waals surface area (Å²) < 4.78 is 73.5. The van der Waals surface area contributed by atoms with Crippen LogP contribution < -0.4 is 4.72 Å². The smallest absolute Gasteiger partial charge is 0.320 e. The van der Waals surface area contributed by atoms with Gasteiger partial charge in [0.05, 0.1) is 12.6 Å². The molecule has 0 radical (unpaired) electrons. The fourth-order valence-corrected chi connectivity index (χ4v) is 5.13. The number of hydrogen-bond acceptors (Lipinski definition) is 3. The van der Waals surface area contributed by atoms with Crippen LogP contribution in [0.2, 0.25) is 0 Å². The second-order valence-corrected chi connectivity index (χ2v) is 10.7. The van der Waals surface area contributed by atoms with Gasteiger partial charge >= 0.3 is 6.03 Å². The molecule has 34 heavy (non-hydrogen) atoms. The van der Waals surface area contributed by atoms with E-state index in [0.29, 0.717) is 24.2 Å². The zero-order chi connectivity index (χ0) is 24.7. The second-order valence-electron chi connectivity index (χ2n) is 8.81. The standard InChI is InChI=1S/C23H27F3N4O3S/c1-28(2)34(32,33)27-21-19(30(15-23(21,25)26)22(31)29-12-7-13-29)14-17-10-6-11-18(20(17)24)16-8-4-3-5-9-16/h3-6,8-11,19,21,27H,7,12-15H2,1-2H3/t19-,21+/m0/s1. The number of halogens is 3. The van der Waals surface area contributed by atoms with Crippen LogP contribution >= 0.6 is 0 Å². The molecule has 2 amide bonds. The molecule has 7 nitrogen and oxygen atoms in total. The first-order chi connectivity index (χ1) is 16.0. The first kappa shape index (κ1) is 24.5. The topological polar surface area (TPSA) is 73.0 Å². The number of rotatable bonds is 6. The van der Waals surface area contributed by atoms with E-state index < -0.39 is 46.6 Å². The molecular weight excluding hydrogens is 469 g/mol. The van der Waals surface area contributed by atoms with E-state index in [9.17, 15) is 13.2 Å². The van der Waals surface area contributed by atoms with Crippen LogP contribution in [0.1, 0.15) is 12.0 Å². The number of hydrogen-bond donors (Lipinski definition) is 1. The van der Waals surface area contributed by atoms with Crippen LogP contribution in [0, 0.1) is 5.82 Å². The maximum atomic E-state index is 15.5. The van der Waals surface area contributed by atoms with Gasteiger partial charge in [-0.15, -0.1) is 0 Å². The fourth-order valence-electron chi connectivity index (χ4n) is 4.26. The summed E-state index contributed by atoms with van der Waals surface area (Å²) in [5.41, 5.74) is 1.05. The van der Waals surface area contributed by atoms with Gasteiger partial charge in [-0.1, -0.05) is 48.5 Å². The average molecular weight is 497 g/mol. The molecule has 2 aromatic carbocycles. The van der Waals surface area contributed by atoms with Crippen LogP contribution in [0.25, 0.3) is 11.1 Å². The number of benzene rings is 2. The second kappa shape index (κ2) is 9.20. The van der Waals surface area contributed by atoms with Crippen molar-refractivity contribution in [2.45, 2.75) is 30.8 Å². The third-order valence-electron chi connectivity index (χ3n) is 6.34. The molecule has 2 fully saturated rings. The van der Waals surface area contributed by atoms with Gasteiger partial charge in [-0.2, -0.15) is 17.4 Å². The Morgan fingerprint density at radius 2 is 1.79 bits per heavy atom. The van der Waals surface area contributed by atoms with Crippen molar-refractivity contribution >= 4 is 16.2 Å². The number of carbonyl (C=O) groups excluding carboxylic acids is 1. The largest absolute Gasteiger partial charge is 0.325 e. The molecule has 0 spiro atoms. The number of nitrogens with zero attached hydrogens (tertiary/aromatic N) is 3. The lowest BCUT2D eigenvalue weighted by atomic mass is 9.95. The third kappa shape index (κ3) is 4.64. The molecule has 2 aromatic rings. The maximum Gasteiger partial charge on any atom is 0.320 e. The molecule has 11 heteroatoms. The molecule has 2 heterocycles. The van der Waals surface area contributed by atoms with Gasteiger partial charge in [0.1, 0.15) is 11.9 Å². The highest BCUT2D eigenvalue weighted by molar-refractivity contribution is 7.87. The molecule has 0 unspecified atom stereocenters. The van der Waals surface area contributed by atoms with E-state index >= 15 is 13.2 Å². The Labute approximate surface area is 197 Å². The van der Waals surface area contributed by atoms with Crippen LogP contribution in [0.4, 0.5) is 18.0 Å². The number of amides is 2. The molecule has 184 valence electrons. The van der Waals surface area contributed by atoms with Crippen LogP contribution in [0.5, 0.6) is 0 Å². The summed E-state index contributed by atoms with van der Waals surface area (Å²) in [5.74, 6) is -4.13. The van der Waals surface area contributed by atoms with Crippen molar-refractivity contribution in [1.82, 2.24) is 18.8 Å². The molecule has 1 N–H and O–H groups in total. The fraction of sp³-hybridized carbons (Fsp3) is 0.435. The first-order valence-electron chi connectivity index (χ1n) is 11.0. The Bertz CT molecular complexity index is 1160. The molecule has 4 rings (SSSR count). The Morgan fingerprint density at radius 3 is 2.38 bits per heavy atom. The summed E-state index contributed by atoms with van der Waals surface area (Å²) in [6.45, 7) is -0.0627. The van der Waals surface area contributed by atoms with E-state index in [0.717, 1.165) is 15.6 Å². The van der Waals surface area contributed by atoms with Gasteiger partial charge in [-0.05, 0) is 24.0 Å². The number of alkyl halides is 2. The summed E-state index contributed by atoms with van der Waals surface area (Å²) in [6.07, 6.45) is 0.493. The Kier molecular flexibility index (Phi) is 6.63. The Morgan fingerprint density at radius 1 is 1.12 bits per heavy atom. The van der Waals surface area contributed by atoms with Crippen molar-refractivity contribution in [3.05, 3.63) is 59.9 Å². The van der Waals surface area contributed by atoms with Crippen LogP contribution in [-0.2, 0) is 16.6 Å². The molecule has 0 bridgehead atoms. The zero-order valence-electron chi connectivity index (χ0n) is 18.9. The van der Waals surface area contributed by atoms with Gasteiger partial charge in [-0.25, -0.2) is 18.0 Å². The van der Waals surface area contributed by atoms with E-state index in [1.165, 1.54) is 25.1 Å². The van der Waals surface area contributed by atoms with Crippen molar-refractivity contribution in [3.8, 4) is 11.1 Å². The molecule has 0 aromatic heterocycles. The number of urea groups is 1. The maximum absolute atomic E-state index is 15.5. The highest BCUT2D eigenvalue weighted by Gasteiger charge is 2.58. The number of carbonyl (C=O) groups is 1. The summed E-state index contributed by atoms with van der Waals surface area (Å²) in [6, 6.07) is 9.69. The van der Waals surface area contributed by atoms with Crippen molar-refractivity contribution < 1.29 is 26.4 Å². The van der Waals surface area contributed by atoms with Gasteiger partial charge in [0, 0.05) is 32.7 Å². The highest BCUT2D eigenvalue weighted by Crippen LogP contribution is 2.37. The van der Waals surface area contributed by atoms with Gasteiger partial charge in [0.15, 0.2) is 0 Å². The monoisotopic (exact) mass is 496 g/mol. The molecule has 2 aliphatic rings. The predicted molar refractivity (Wildman–Crippen MR) is 122 cm³/mol. The summed E-state index contributed by atoms with van der Waals surface area (Å²) in [7, 11) is -1.80. The van der Waals surface area contributed by atoms with Crippen molar-refractivity contribution in [2.75, 3.05) is 33.7 Å². The molecule has 0 aliphatic carbocycles. The minimum Gasteiger partial charge on any atom is -0.325 e. The van der Waals surface area contributed by atoms with E-state index in [2.05, 4.69) is 4.72 Å². The van der Waals surface area contributed by atoms with Gasteiger partial charge in [0.2, 0.25) is 0 Å². The summed E-state index contributed by atoms with van der Waals surface area (Å²) in [5, 5.41) is 0. The molecule has 2 aliphatic heterocycles. The average Bonchev–Trinajstić information content (AvgIpc) is 2.98. The first-order valence-corrected chi connectivity index (χ1v) is 12.4. The van der Waals surface area contributed by atoms with Crippen molar-refractivity contribution in [3.63, 3.8) is 0 Å². The zero-order valence-corrected chi connectivity index (χ0v) is 19.7. The molecule has 2 atom stereocenters. The van der Waals surface area contributed by atoms with Crippen LogP contribution in [0.15, 0.2) is 48.5 Å². The normalized spacial score (nSPS) is 22.2. The predicted octanol–water partition coefficient (Wildman–Crippen LogP) is 2.95. The minimum absolute atomic E-state index is 0.125. The van der Waals surface area contributed by atoms with E-state index in [1.54, 1.807) is 42.5 Å². The number of likely N-dealkylation sites (tertiary alicyclic amines) is 2. The number of nitrogens with one attached hydrogen (secondary N) is 1. The van der Waals surface area contributed by atoms with Crippen LogP contribution in [0.3, 0.4) is 0 Å². The minimum atomic E-state index is -4.24. The van der Waals surface area contributed by atoms with Gasteiger partial charge < -0.3 is 9.80 Å². The van der Waals surface area contributed by atoms with Crippen LogP contribution in [-0.4, -0.2) is 80.3 Å². The molecule has 0 saturated carbocycles. The van der Waals surface area contributed by atoms with E-state index in [4.69, 9.17) is 0 Å². The lowest BCUT2D eigenvalue weighted by Gasteiger charge is -2.37. The lowest BCUT2D eigenvalue weighted by molar-refractivity contribution is -0.00591. The Balaban J connectivity index is 1.72. The molecule has 2 saturated heterocycles. The third-order valence-corrected chi connectivity index (χ3v) is 7.86. The highest BCUT2D eigenvalue weighted by atomic mass is 32.2. The van der Waals surface area contributed by atoms with Gasteiger partial charge in [-0.3, -0.25) is 0 Å². The summed E-state index contributed by atoms with van der Waals surface area (Å²) in [4.78, 5) is 15.4. The van der Waals surface area contributed by atoms with Crippen molar-refractivity contribution in [2.24, 2.45) is 0 Å².